The van der Waals surface area contributed by atoms with Gasteiger partial charge in [-0.15, -0.1) is 0 Å². The summed E-state index contributed by atoms with van der Waals surface area (Å²) in [6.45, 7) is 4.89. The molecule has 1 aromatic carbocycles. The van der Waals surface area contributed by atoms with Gasteiger partial charge in [-0.3, -0.25) is 0 Å². The van der Waals surface area contributed by atoms with Crippen LogP contribution in [-0.2, 0) is 10.9 Å². The van der Waals surface area contributed by atoms with Crippen molar-refractivity contribution in [2.75, 3.05) is 11.9 Å². The Balaban J connectivity index is 1.65. The first kappa shape index (κ1) is 20.5. The van der Waals surface area contributed by atoms with Crippen LogP contribution in [0.15, 0.2) is 42.5 Å². The van der Waals surface area contributed by atoms with E-state index in [1.807, 2.05) is 6.08 Å². The topological polar surface area (TPSA) is 33.3 Å². The van der Waals surface area contributed by atoms with Gasteiger partial charge in [0, 0.05) is 41.7 Å². The van der Waals surface area contributed by atoms with Crippen LogP contribution in [0.3, 0.4) is 0 Å². The first-order chi connectivity index (χ1) is 13.8. The van der Waals surface area contributed by atoms with E-state index in [0.29, 0.717) is 17.5 Å². The maximum atomic E-state index is 13.3. The normalized spacial score (nSPS) is 31.3. The molecule has 2 aliphatic heterocycles. The molecule has 3 aliphatic rings. The average Bonchev–Trinajstić information content (AvgIpc) is 2.71. The third kappa shape index (κ3) is 4.38. The van der Waals surface area contributed by atoms with Gasteiger partial charge in [0.05, 0.1) is 17.8 Å². The average molecular weight is 406 g/mol. The summed E-state index contributed by atoms with van der Waals surface area (Å²) in [5.41, 5.74) is 0.803. The van der Waals surface area contributed by atoms with Gasteiger partial charge < -0.3 is 15.4 Å². The van der Waals surface area contributed by atoms with Crippen LogP contribution in [-0.4, -0.2) is 24.7 Å². The fraction of sp³-hybridized carbons (Fsp3) is 0.565. The third-order valence-electron chi connectivity index (χ3n) is 6.25. The summed E-state index contributed by atoms with van der Waals surface area (Å²) in [7, 11) is 0. The first-order valence-corrected chi connectivity index (χ1v) is 10.5. The molecule has 0 bridgehead atoms. The van der Waals surface area contributed by atoms with E-state index in [4.69, 9.17) is 4.74 Å². The number of benzene rings is 1. The molecule has 0 radical (unpaired) electrons. The molecule has 1 unspecified atom stereocenters. The highest BCUT2D eigenvalue weighted by molar-refractivity contribution is 5.58. The lowest BCUT2D eigenvalue weighted by molar-refractivity contribution is -0.138. The van der Waals surface area contributed by atoms with Gasteiger partial charge in [-0.1, -0.05) is 38.2 Å². The highest BCUT2D eigenvalue weighted by Gasteiger charge is 2.44. The standard InChI is InChI=1S/C23H29F3N2O/c1-14(2)27-13-17-9-10-18-21(15-6-4-3-5-7-15)28-20-11-8-16(23(24,25)26)12-19(20)22(18)29-17/h3-6,8,11-12,14-15,17-18,21-22,27-28H,7,9-10,13H2,1-2H3/t15?,17-,18+,21+,22+/m1/s1. The van der Waals surface area contributed by atoms with Gasteiger partial charge in [-0.25, -0.2) is 0 Å². The van der Waals surface area contributed by atoms with Gasteiger partial charge in [0.1, 0.15) is 0 Å². The summed E-state index contributed by atoms with van der Waals surface area (Å²) in [5.74, 6) is 0.472. The van der Waals surface area contributed by atoms with Crippen LogP contribution in [0.1, 0.15) is 50.3 Å². The predicted octanol–water partition coefficient (Wildman–Crippen LogP) is 5.47. The van der Waals surface area contributed by atoms with Gasteiger partial charge in [0.25, 0.3) is 0 Å². The lowest BCUT2D eigenvalue weighted by atomic mass is 9.73. The van der Waals surface area contributed by atoms with Crippen molar-refractivity contribution >= 4 is 5.69 Å². The predicted molar refractivity (Wildman–Crippen MR) is 109 cm³/mol. The highest BCUT2D eigenvalue weighted by atomic mass is 19.4. The van der Waals surface area contributed by atoms with Crippen LogP contribution in [0.4, 0.5) is 18.9 Å². The molecule has 6 heteroatoms. The lowest BCUT2D eigenvalue weighted by Gasteiger charge is -2.48. The van der Waals surface area contributed by atoms with Crippen molar-refractivity contribution in [1.29, 1.82) is 0 Å². The Hall–Kier alpha value is -1.79. The fourth-order valence-corrected chi connectivity index (χ4v) is 4.78. The monoisotopic (exact) mass is 406 g/mol. The number of ether oxygens (including phenoxy) is 1. The molecule has 0 amide bonds. The number of fused-ring (bicyclic) bond motifs is 3. The molecule has 1 aromatic rings. The molecule has 0 spiro atoms. The summed E-state index contributed by atoms with van der Waals surface area (Å²) in [6, 6.07) is 4.53. The Morgan fingerprint density at radius 3 is 2.72 bits per heavy atom. The highest BCUT2D eigenvalue weighted by Crippen LogP contribution is 2.49. The zero-order valence-corrected chi connectivity index (χ0v) is 16.9. The molecule has 0 saturated carbocycles. The van der Waals surface area contributed by atoms with Gasteiger partial charge in [0.2, 0.25) is 0 Å². The van der Waals surface area contributed by atoms with Crippen LogP contribution in [0, 0.1) is 11.8 Å². The van der Waals surface area contributed by atoms with Crippen molar-refractivity contribution in [3.63, 3.8) is 0 Å². The van der Waals surface area contributed by atoms with Crippen LogP contribution >= 0.6 is 0 Å². The number of halogens is 3. The minimum Gasteiger partial charge on any atom is -0.381 e. The Bertz CT molecular complexity index is 787. The Labute approximate surface area is 170 Å². The fourth-order valence-electron chi connectivity index (χ4n) is 4.78. The van der Waals surface area contributed by atoms with Crippen LogP contribution in [0.5, 0.6) is 0 Å². The van der Waals surface area contributed by atoms with E-state index in [-0.39, 0.29) is 24.2 Å². The van der Waals surface area contributed by atoms with E-state index in [2.05, 4.69) is 42.7 Å². The number of hydrogen-bond acceptors (Lipinski definition) is 3. The van der Waals surface area contributed by atoms with Crippen molar-refractivity contribution in [3.05, 3.63) is 53.6 Å². The number of anilines is 1. The smallest absolute Gasteiger partial charge is 0.381 e. The second-order valence-electron chi connectivity index (χ2n) is 8.67. The molecular formula is C23H29F3N2O. The molecule has 2 N–H and O–H groups in total. The van der Waals surface area contributed by atoms with E-state index >= 15 is 0 Å². The molecule has 4 rings (SSSR count). The zero-order valence-electron chi connectivity index (χ0n) is 16.9. The van der Waals surface area contributed by atoms with Gasteiger partial charge in [0.15, 0.2) is 0 Å². The lowest BCUT2D eigenvalue weighted by Crippen LogP contribution is -2.48. The summed E-state index contributed by atoms with van der Waals surface area (Å²) in [4.78, 5) is 0. The summed E-state index contributed by atoms with van der Waals surface area (Å²) < 4.78 is 46.5. The van der Waals surface area contributed by atoms with Crippen LogP contribution in [0.2, 0.25) is 0 Å². The minimum absolute atomic E-state index is 0.0154. The Morgan fingerprint density at radius 2 is 2.03 bits per heavy atom. The van der Waals surface area contributed by atoms with E-state index < -0.39 is 11.7 Å². The number of allylic oxidation sites excluding steroid dienone is 3. The minimum atomic E-state index is -4.36. The first-order valence-electron chi connectivity index (χ1n) is 10.5. The number of nitrogens with one attached hydrogen (secondary N) is 2. The SMILES string of the molecule is CC(C)NC[C@H]1CC[C@@H]2[C@H](O1)c1cc(C(F)(F)F)ccc1N[C@H]2C1C=CC=CC1. The molecule has 0 aromatic heterocycles. The number of hydrogen-bond donors (Lipinski definition) is 2. The number of alkyl halides is 3. The quantitative estimate of drug-likeness (QED) is 0.696. The largest absolute Gasteiger partial charge is 0.416 e. The molecule has 158 valence electrons. The maximum Gasteiger partial charge on any atom is 0.416 e. The molecule has 29 heavy (non-hydrogen) atoms. The van der Waals surface area contributed by atoms with Crippen molar-refractivity contribution in [1.82, 2.24) is 5.32 Å². The van der Waals surface area contributed by atoms with Crippen molar-refractivity contribution < 1.29 is 17.9 Å². The molecular weight excluding hydrogens is 377 g/mol. The van der Waals surface area contributed by atoms with Crippen LogP contribution in [0.25, 0.3) is 0 Å². The van der Waals surface area contributed by atoms with Crippen LogP contribution < -0.4 is 10.6 Å². The van der Waals surface area contributed by atoms with Crippen molar-refractivity contribution in [2.24, 2.45) is 11.8 Å². The Morgan fingerprint density at radius 1 is 1.21 bits per heavy atom. The molecule has 2 heterocycles. The van der Waals surface area contributed by atoms with E-state index in [9.17, 15) is 13.2 Å². The molecule has 5 atom stereocenters. The van der Waals surface area contributed by atoms with Gasteiger partial charge in [-0.05, 0) is 37.5 Å². The maximum absolute atomic E-state index is 13.3. The zero-order chi connectivity index (χ0) is 20.6. The summed E-state index contributed by atoms with van der Waals surface area (Å²) in [6.07, 6.45) is 6.61. The second kappa shape index (κ2) is 8.15. The molecule has 3 nitrogen and oxygen atoms in total. The van der Waals surface area contributed by atoms with Crippen molar-refractivity contribution in [3.8, 4) is 0 Å². The van der Waals surface area contributed by atoms with E-state index in [1.165, 1.54) is 12.1 Å². The van der Waals surface area contributed by atoms with Crippen molar-refractivity contribution in [2.45, 2.75) is 63.6 Å². The molecule has 1 aliphatic carbocycles. The van der Waals surface area contributed by atoms with E-state index in [0.717, 1.165) is 31.5 Å². The summed E-state index contributed by atoms with van der Waals surface area (Å²) >= 11 is 0. The number of rotatable bonds is 4. The summed E-state index contributed by atoms with van der Waals surface area (Å²) in [5, 5.41) is 6.97. The second-order valence-corrected chi connectivity index (χ2v) is 8.67. The molecule has 1 saturated heterocycles. The molecule has 1 fully saturated rings. The van der Waals surface area contributed by atoms with Gasteiger partial charge in [-0.2, -0.15) is 13.2 Å². The van der Waals surface area contributed by atoms with Gasteiger partial charge >= 0.3 is 6.18 Å². The Kier molecular flexibility index (Phi) is 5.76. The third-order valence-corrected chi connectivity index (χ3v) is 6.25. The van der Waals surface area contributed by atoms with E-state index in [1.54, 1.807) is 6.07 Å².